The molecule has 0 aliphatic carbocycles. The van der Waals surface area contributed by atoms with Crippen molar-refractivity contribution in [1.29, 1.82) is 0 Å². The Kier molecular flexibility index (Phi) is 6.08. The number of carbonyl (C=O) groups is 1. The molecule has 0 heterocycles. The Labute approximate surface area is 154 Å². The largest absolute Gasteiger partial charge is 0.371 e. The van der Waals surface area contributed by atoms with Gasteiger partial charge in [0, 0.05) is 11.8 Å². The summed E-state index contributed by atoms with van der Waals surface area (Å²) in [5, 5.41) is 16.2. The van der Waals surface area contributed by atoms with Crippen molar-refractivity contribution in [2.45, 2.75) is 11.8 Å². The van der Waals surface area contributed by atoms with Crippen LogP contribution in [0.3, 0.4) is 0 Å². The zero-order valence-electron chi connectivity index (χ0n) is 14.4. The monoisotopic (exact) mass is 396 g/mol. The molecular weight excluding hydrogens is 379 g/mol. The molecule has 11 heteroatoms. The lowest BCUT2D eigenvalue weighted by Crippen LogP contribution is -2.22. The second-order valence-electron chi connectivity index (χ2n) is 5.51. The van der Waals surface area contributed by atoms with Gasteiger partial charge < -0.3 is 10.6 Å². The van der Waals surface area contributed by atoms with Crippen molar-refractivity contribution in [3.8, 4) is 0 Å². The molecule has 0 aromatic heterocycles. The molecule has 2 aromatic carbocycles. The quantitative estimate of drug-likeness (QED) is 0.485. The molecule has 0 unspecified atom stereocenters. The van der Waals surface area contributed by atoms with Crippen molar-refractivity contribution < 1.29 is 22.5 Å². The smallest absolute Gasteiger partial charge is 0.293 e. The lowest BCUT2D eigenvalue weighted by Gasteiger charge is -2.10. The summed E-state index contributed by atoms with van der Waals surface area (Å²) in [6.45, 7) is 1.24. The molecule has 144 valence electrons. The highest BCUT2D eigenvalue weighted by Gasteiger charge is 2.20. The van der Waals surface area contributed by atoms with Gasteiger partial charge in [-0.3, -0.25) is 14.9 Å². The van der Waals surface area contributed by atoms with Crippen LogP contribution in [0.5, 0.6) is 0 Å². The number of nitro benzene ring substituents is 1. The Hall–Kier alpha value is -3.05. The third kappa shape index (κ3) is 4.99. The predicted octanol–water partition coefficient (Wildman–Crippen LogP) is 2.00. The number of aryl methyl sites for hydroxylation is 1. The molecule has 3 N–H and O–H groups in total. The molecule has 1 amide bonds. The Morgan fingerprint density at radius 2 is 1.93 bits per heavy atom. The van der Waals surface area contributed by atoms with Gasteiger partial charge in [-0.05, 0) is 43.8 Å². The molecule has 0 fully saturated rings. The number of anilines is 2. The third-order valence-electron chi connectivity index (χ3n) is 3.64. The van der Waals surface area contributed by atoms with Gasteiger partial charge in [-0.2, -0.15) is 0 Å². The fourth-order valence-electron chi connectivity index (χ4n) is 2.15. The topological polar surface area (TPSA) is 130 Å². The minimum atomic E-state index is -3.85. The van der Waals surface area contributed by atoms with Crippen molar-refractivity contribution in [3.63, 3.8) is 0 Å². The average molecular weight is 396 g/mol. The summed E-state index contributed by atoms with van der Waals surface area (Å²) < 4.78 is 39.1. The minimum absolute atomic E-state index is 0.0275. The van der Waals surface area contributed by atoms with Crippen LogP contribution in [-0.2, 0) is 14.8 Å². The zero-order valence-corrected chi connectivity index (χ0v) is 15.3. The van der Waals surface area contributed by atoms with Crippen LogP contribution < -0.4 is 15.4 Å². The Bertz CT molecular complexity index is 994. The normalized spacial score (nSPS) is 11.1. The van der Waals surface area contributed by atoms with E-state index >= 15 is 0 Å². The number of nitrogens with zero attached hydrogens (tertiary/aromatic N) is 1. The summed E-state index contributed by atoms with van der Waals surface area (Å²) in [7, 11) is -2.66. The second-order valence-corrected chi connectivity index (χ2v) is 7.40. The van der Waals surface area contributed by atoms with E-state index in [1.807, 2.05) is 0 Å². The number of nitro groups is 1. The molecule has 0 saturated carbocycles. The van der Waals surface area contributed by atoms with Crippen LogP contribution in [0.15, 0.2) is 41.3 Å². The summed E-state index contributed by atoms with van der Waals surface area (Å²) in [6.07, 6.45) is 0. The van der Waals surface area contributed by atoms with Gasteiger partial charge in [0.05, 0.1) is 16.4 Å². The Morgan fingerprint density at radius 3 is 2.52 bits per heavy atom. The van der Waals surface area contributed by atoms with Crippen molar-refractivity contribution in [3.05, 3.63) is 57.9 Å². The van der Waals surface area contributed by atoms with E-state index in [9.17, 15) is 27.7 Å². The molecule has 0 spiro atoms. The SMILES string of the molecule is CNS(=O)(=O)c1ccc(NCC(=O)Nc2ccc(C)c(F)c2)c([N+](=O)[O-])c1. The summed E-state index contributed by atoms with van der Waals surface area (Å²) >= 11 is 0. The van der Waals surface area contributed by atoms with Crippen LogP contribution in [0.4, 0.5) is 21.5 Å². The summed E-state index contributed by atoms with van der Waals surface area (Å²) in [4.78, 5) is 22.1. The van der Waals surface area contributed by atoms with Crippen molar-refractivity contribution >= 4 is 33.0 Å². The highest BCUT2D eigenvalue weighted by molar-refractivity contribution is 7.89. The van der Waals surface area contributed by atoms with Crippen LogP contribution in [0.2, 0.25) is 0 Å². The maximum atomic E-state index is 13.5. The Morgan fingerprint density at radius 1 is 1.22 bits per heavy atom. The van der Waals surface area contributed by atoms with E-state index in [1.54, 1.807) is 6.92 Å². The Balaban J connectivity index is 2.13. The molecule has 0 aliphatic rings. The van der Waals surface area contributed by atoms with Gasteiger partial charge in [0.1, 0.15) is 11.5 Å². The second kappa shape index (κ2) is 8.10. The number of benzene rings is 2. The minimum Gasteiger partial charge on any atom is -0.371 e. The van der Waals surface area contributed by atoms with Gasteiger partial charge in [-0.15, -0.1) is 0 Å². The number of hydrogen-bond acceptors (Lipinski definition) is 6. The first-order valence-electron chi connectivity index (χ1n) is 7.66. The zero-order chi connectivity index (χ0) is 20.2. The van der Waals surface area contributed by atoms with Gasteiger partial charge in [-0.1, -0.05) is 6.07 Å². The number of amides is 1. The van der Waals surface area contributed by atoms with E-state index in [0.29, 0.717) is 5.56 Å². The number of hydrogen-bond donors (Lipinski definition) is 3. The maximum Gasteiger partial charge on any atom is 0.293 e. The highest BCUT2D eigenvalue weighted by atomic mass is 32.2. The van der Waals surface area contributed by atoms with E-state index in [2.05, 4.69) is 15.4 Å². The summed E-state index contributed by atoms with van der Waals surface area (Å²) in [5.74, 6) is -1.03. The van der Waals surface area contributed by atoms with Crippen LogP contribution in [0, 0.1) is 22.9 Å². The van der Waals surface area contributed by atoms with Gasteiger partial charge in [0.2, 0.25) is 15.9 Å². The molecule has 0 atom stereocenters. The molecule has 0 bridgehead atoms. The van der Waals surface area contributed by atoms with E-state index in [4.69, 9.17) is 0 Å². The van der Waals surface area contributed by atoms with E-state index in [-0.39, 0.29) is 22.8 Å². The van der Waals surface area contributed by atoms with Gasteiger partial charge in [0.15, 0.2) is 0 Å². The lowest BCUT2D eigenvalue weighted by atomic mass is 10.2. The molecule has 27 heavy (non-hydrogen) atoms. The average Bonchev–Trinajstić information content (AvgIpc) is 2.62. The predicted molar refractivity (Wildman–Crippen MR) is 97.6 cm³/mol. The molecule has 2 aromatic rings. The van der Waals surface area contributed by atoms with Gasteiger partial charge in [0.25, 0.3) is 5.69 Å². The number of halogens is 1. The van der Waals surface area contributed by atoms with E-state index < -0.39 is 32.4 Å². The van der Waals surface area contributed by atoms with Crippen molar-refractivity contribution in [2.24, 2.45) is 0 Å². The fourth-order valence-corrected chi connectivity index (χ4v) is 2.90. The first-order chi connectivity index (χ1) is 12.6. The fraction of sp³-hybridized carbons (Fsp3) is 0.188. The number of sulfonamides is 1. The van der Waals surface area contributed by atoms with Crippen molar-refractivity contribution in [1.82, 2.24) is 4.72 Å². The van der Waals surface area contributed by atoms with E-state index in [0.717, 1.165) is 12.1 Å². The lowest BCUT2D eigenvalue weighted by molar-refractivity contribution is -0.384. The first-order valence-corrected chi connectivity index (χ1v) is 9.14. The van der Waals surface area contributed by atoms with Crippen LogP contribution in [0.25, 0.3) is 0 Å². The van der Waals surface area contributed by atoms with Gasteiger partial charge in [-0.25, -0.2) is 17.5 Å². The molecule has 9 nitrogen and oxygen atoms in total. The van der Waals surface area contributed by atoms with Crippen LogP contribution in [0.1, 0.15) is 5.56 Å². The highest BCUT2D eigenvalue weighted by Crippen LogP contribution is 2.27. The number of nitrogens with one attached hydrogen (secondary N) is 3. The van der Waals surface area contributed by atoms with Crippen LogP contribution >= 0.6 is 0 Å². The standard InChI is InChI=1S/C16H17FN4O5S/c1-10-3-4-11(7-13(10)17)20-16(22)9-19-14-6-5-12(27(25,26)18-2)8-15(14)21(23)24/h3-8,18-19H,9H2,1-2H3,(H,20,22). The van der Waals surface area contributed by atoms with Crippen LogP contribution in [-0.4, -0.2) is 32.8 Å². The van der Waals surface area contributed by atoms with Crippen molar-refractivity contribution in [2.75, 3.05) is 24.2 Å². The maximum absolute atomic E-state index is 13.5. The number of rotatable bonds is 7. The molecule has 0 saturated heterocycles. The summed E-state index contributed by atoms with van der Waals surface area (Å²) in [6, 6.07) is 7.45. The van der Waals surface area contributed by atoms with E-state index in [1.165, 1.54) is 31.3 Å². The molecule has 2 rings (SSSR count). The van der Waals surface area contributed by atoms with Gasteiger partial charge >= 0.3 is 0 Å². The molecule has 0 aliphatic heterocycles. The number of carbonyl (C=O) groups excluding carboxylic acids is 1. The molecule has 0 radical (unpaired) electrons. The summed E-state index contributed by atoms with van der Waals surface area (Å²) in [5.41, 5.74) is 0.147. The third-order valence-corrected chi connectivity index (χ3v) is 5.05. The molecular formula is C16H17FN4O5S. The first kappa shape index (κ1) is 20.3.